The number of primary amides is 1. The third-order valence-electron chi connectivity index (χ3n) is 6.56. The molecule has 2 aromatic rings. The Morgan fingerprint density at radius 2 is 1.82 bits per heavy atom. The number of urea groups is 1. The van der Waals surface area contributed by atoms with E-state index in [2.05, 4.69) is 10.1 Å². The molecule has 0 unspecified atom stereocenters. The number of fused-ring (bicyclic) bond motifs is 1. The van der Waals surface area contributed by atoms with Crippen LogP contribution >= 0.6 is 0 Å². The topological polar surface area (TPSA) is 96.6 Å². The number of para-hydroxylation sites is 2. The van der Waals surface area contributed by atoms with Crippen molar-refractivity contribution in [1.82, 2.24) is 9.97 Å². The fraction of sp³-hybridized carbons (Fsp3) is 0.542. The maximum absolute atomic E-state index is 12.9. The van der Waals surface area contributed by atoms with Gasteiger partial charge in [-0.1, -0.05) is 12.1 Å². The molecule has 4 rings (SSSR count). The molecule has 0 radical (unpaired) electrons. The van der Waals surface area contributed by atoms with Crippen LogP contribution in [-0.4, -0.2) is 48.8 Å². The first-order valence-electron chi connectivity index (χ1n) is 11.8. The van der Waals surface area contributed by atoms with Crippen molar-refractivity contribution in [3.63, 3.8) is 0 Å². The van der Waals surface area contributed by atoms with Crippen LogP contribution in [0.3, 0.4) is 0 Å². The number of ether oxygens (including phenoxy) is 1. The minimum atomic E-state index is -2.99. The van der Waals surface area contributed by atoms with E-state index in [1.165, 1.54) is 16.5 Å². The lowest BCUT2D eigenvalue weighted by Gasteiger charge is -2.37. The summed E-state index contributed by atoms with van der Waals surface area (Å²) in [6, 6.07) is 5.51. The summed E-state index contributed by atoms with van der Waals surface area (Å²) >= 11 is 0. The summed E-state index contributed by atoms with van der Waals surface area (Å²) in [6.07, 6.45) is 7.14. The molecule has 0 atom stereocenters. The molecule has 0 spiro atoms. The number of hydrogen-bond acceptors (Lipinski definition) is 6. The number of aryl methyl sites for hydroxylation is 1. The summed E-state index contributed by atoms with van der Waals surface area (Å²) in [5.74, 6) is 1.54. The Labute approximate surface area is 198 Å². The molecule has 184 valence electrons. The molecular weight excluding hydrogens is 442 g/mol. The van der Waals surface area contributed by atoms with E-state index in [9.17, 15) is 13.6 Å². The number of benzene rings is 1. The van der Waals surface area contributed by atoms with Gasteiger partial charge in [0.25, 0.3) is 0 Å². The van der Waals surface area contributed by atoms with E-state index in [0.29, 0.717) is 18.8 Å². The lowest BCUT2D eigenvalue weighted by atomic mass is 9.90. The first kappa shape index (κ1) is 24.0. The predicted molar refractivity (Wildman–Crippen MR) is 128 cm³/mol. The molecule has 0 aliphatic heterocycles. The molecule has 10 heteroatoms. The van der Waals surface area contributed by atoms with Gasteiger partial charge in [-0.05, 0) is 63.5 Å². The lowest BCUT2D eigenvalue weighted by molar-refractivity contribution is -0.0495. The highest BCUT2D eigenvalue weighted by molar-refractivity contribution is 5.93. The maximum atomic E-state index is 12.9. The second-order valence-corrected chi connectivity index (χ2v) is 9.10. The molecule has 0 saturated heterocycles. The van der Waals surface area contributed by atoms with Gasteiger partial charge in [0, 0.05) is 31.7 Å². The number of halogens is 2. The summed E-state index contributed by atoms with van der Waals surface area (Å²) < 4.78 is 30.4. The van der Waals surface area contributed by atoms with Crippen molar-refractivity contribution in [2.45, 2.75) is 70.1 Å². The van der Waals surface area contributed by atoms with Gasteiger partial charge < -0.3 is 20.7 Å². The van der Waals surface area contributed by atoms with Crippen LogP contribution < -0.4 is 25.6 Å². The largest absolute Gasteiger partial charge is 0.433 e. The zero-order valence-corrected chi connectivity index (χ0v) is 19.6. The Morgan fingerprint density at radius 3 is 2.50 bits per heavy atom. The molecule has 1 saturated carbocycles. The first-order chi connectivity index (χ1) is 16.3. The third-order valence-corrected chi connectivity index (χ3v) is 6.56. The second-order valence-electron chi connectivity index (χ2n) is 9.10. The zero-order chi connectivity index (χ0) is 24.2. The van der Waals surface area contributed by atoms with Gasteiger partial charge in [-0.2, -0.15) is 13.8 Å². The van der Waals surface area contributed by atoms with Gasteiger partial charge in [0.1, 0.15) is 11.6 Å². The molecular formula is C24H32F2N6O2. The summed E-state index contributed by atoms with van der Waals surface area (Å²) in [4.78, 5) is 25.3. The summed E-state index contributed by atoms with van der Waals surface area (Å²) in [5.41, 5.74) is 8.30. The van der Waals surface area contributed by atoms with E-state index in [-0.39, 0.29) is 23.5 Å². The fourth-order valence-electron chi connectivity index (χ4n) is 5.02. The normalized spacial score (nSPS) is 19.9. The van der Waals surface area contributed by atoms with Crippen LogP contribution in [0.1, 0.15) is 49.8 Å². The molecule has 1 heterocycles. The molecule has 34 heavy (non-hydrogen) atoms. The van der Waals surface area contributed by atoms with Crippen molar-refractivity contribution in [3.05, 3.63) is 35.5 Å². The van der Waals surface area contributed by atoms with Gasteiger partial charge in [-0.25, -0.2) is 9.78 Å². The Hall–Kier alpha value is -3.17. The van der Waals surface area contributed by atoms with Crippen LogP contribution in [-0.2, 0) is 12.8 Å². The minimum absolute atomic E-state index is 0.0600. The Bertz CT molecular complexity index is 1010. The van der Waals surface area contributed by atoms with Crippen LogP contribution in [0.4, 0.5) is 31.0 Å². The van der Waals surface area contributed by atoms with Crippen LogP contribution in [0.5, 0.6) is 5.75 Å². The van der Waals surface area contributed by atoms with Crippen LogP contribution in [0.25, 0.3) is 0 Å². The molecule has 1 fully saturated rings. The van der Waals surface area contributed by atoms with Gasteiger partial charge in [-0.15, -0.1) is 0 Å². The standard InChI is InChI=1S/C24H32F2N6O2/c1-31(2)21-17-7-3-4-8-18(17)29-24(30-21)28-15-11-13-16(14-12-15)32(23(27)33)19-9-5-6-10-20(19)34-22(25)26/h5-6,9-10,15-16,22H,3-4,7-8,11-14H2,1-2H3,(H2,27,33)(H,28,29,30). The maximum Gasteiger partial charge on any atom is 0.387 e. The van der Waals surface area contributed by atoms with Gasteiger partial charge in [0.2, 0.25) is 5.95 Å². The SMILES string of the molecule is CN(C)c1nc(NC2CCC(N(C(N)=O)c3ccccc3OC(F)F)CC2)nc2c1CCCC2. The van der Waals surface area contributed by atoms with Crippen molar-refractivity contribution in [2.24, 2.45) is 5.73 Å². The molecule has 3 N–H and O–H groups in total. The molecule has 1 aromatic heterocycles. The van der Waals surface area contributed by atoms with Gasteiger partial charge in [0.15, 0.2) is 0 Å². The number of rotatable bonds is 7. The fourth-order valence-corrected chi connectivity index (χ4v) is 5.02. The number of nitrogens with two attached hydrogens (primary N) is 1. The van der Waals surface area contributed by atoms with E-state index in [1.54, 1.807) is 18.2 Å². The van der Waals surface area contributed by atoms with Crippen molar-refractivity contribution < 1.29 is 18.3 Å². The number of nitrogens with one attached hydrogen (secondary N) is 1. The number of amides is 2. The number of carbonyl (C=O) groups excluding carboxylic acids is 1. The monoisotopic (exact) mass is 474 g/mol. The Balaban J connectivity index is 1.46. The van der Waals surface area contributed by atoms with E-state index < -0.39 is 12.6 Å². The highest BCUT2D eigenvalue weighted by atomic mass is 19.3. The number of anilines is 3. The highest BCUT2D eigenvalue weighted by Crippen LogP contribution is 2.35. The van der Waals surface area contributed by atoms with Crippen LogP contribution in [0.2, 0.25) is 0 Å². The van der Waals surface area contributed by atoms with E-state index >= 15 is 0 Å². The Morgan fingerprint density at radius 1 is 1.12 bits per heavy atom. The summed E-state index contributed by atoms with van der Waals surface area (Å²) in [7, 11) is 4.00. The number of carbonyl (C=O) groups is 1. The molecule has 8 nitrogen and oxygen atoms in total. The van der Waals surface area contributed by atoms with Crippen LogP contribution in [0.15, 0.2) is 24.3 Å². The molecule has 2 aliphatic carbocycles. The smallest absolute Gasteiger partial charge is 0.387 e. The van der Waals surface area contributed by atoms with Gasteiger partial charge in [-0.3, -0.25) is 4.90 Å². The molecule has 2 amide bonds. The average molecular weight is 475 g/mol. The average Bonchev–Trinajstić information content (AvgIpc) is 2.80. The molecule has 0 bridgehead atoms. The summed E-state index contributed by atoms with van der Waals surface area (Å²) in [5, 5.41) is 3.48. The number of nitrogens with zero attached hydrogens (tertiary/aromatic N) is 4. The van der Waals surface area contributed by atoms with E-state index in [4.69, 9.17) is 15.7 Å². The third kappa shape index (κ3) is 5.31. The number of alkyl halides is 2. The van der Waals surface area contributed by atoms with Gasteiger partial charge >= 0.3 is 12.6 Å². The van der Waals surface area contributed by atoms with Crippen molar-refractivity contribution in [3.8, 4) is 5.75 Å². The number of hydrogen-bond donors (Lipinski definition) is 2. The summed E-state index contributed by atoms with van der Waals surface area (Å²) in [6.45, 7) is -2.99. The Kier molecular flexibility index (Phi) is 7.33. The van der Waals surface area contributed by atoms with Crippen molar-refractivity contribution in [2.75, 3.05) is 29.2 Å². The zero-order valence-electron chi connectivity index (χ0n) is 19.6. The van der Waals surface area contributed by atoms with Crippen LogP contribution in [0, 0.1) is 0 Å². The van der Waals surface area contributed by atoms with Crippen molar-refractivity contribution in [1.29, 1.82) is 0 Å². The molecule has 2 aliphatic rings. The van der Waals surface area contributed by atoms with Gasteiger partial charge in [0.05, 0.1) is 11.4 Å². The lowest BCUT2D eigenvalue weighted by Crippen LogP contribution is -2.47. The molecule has 1 aromatic carbocycles. The number of aromatic nitrogens is 2. The minimum Gasteiger partial charge on any atom is -0.433 e. The predicted octanol–water partition coefficient (Wildman–Crippen LogP) is 4.33. The van der Waals surface area contributed by atoms with E-state index in [1.807, 2.05) is 19.0 Å². The van der Waals surface area contributed by atoms with E-state index in [0.717, 1.165) is 50.0 Å². The quantitative estimate of drug-likeness (QED) is 0.620. The highest BCUT2D eigenvalue weighted by Gasteiger charge is 2.31. The second kappa shape index (κ2) is 10.4. The van der Waals surface area contributed by atoms with Crippen molar-refractivity contribution >= 4 is 23.5 Å². The first-order valence-corrected chi connectivity index (χ1v) is 11.8.